The van der Waals surface area contributed by atoms with Gasteiger partial charge in [0.15, 0.2) is 0 Å². The number of rotatable bonds is 1. The highest BCUT2D eigenvalue weighted by Crippen LogP contribution is 2.22. The Hall–Kier alpha value is -1.03. The van der Waals surface area contributed by atoms with Crippen LogP contribution in [0.3, 0.4) is 0 Å². The Bertz CT molecular complexity index is 566. The summed E-state index contributed by atoms with van der Waals surface area (Å²) in [7, 11) is 2.18. The van der Waals surface area contributed by atoms with Crippen LogP contribution in [0.25, 0.3) is 10.9 Å². The molecule has 0 N–H and O–H groups in total. The van der Waals surface area contributed by atoms with E-state index in [9.17, 15) is 0 Å². The molecule has 1 aliphatic rings. The van der Waals surface area contributed by atoms with Crippen molar-refractivity contribution in [3.8, 4) is 0 Å². The Kier molecular flexibility index (Phi) is 6.06. The molecule has 1 aromatic heterocycles. The molecule has 0 radical (unpaired) electrons. The summed E-state index contributed by atoms with van der Waals surface area (Å²) in [6.45, 7) is 6.55. The van der Waals surface area contributed by atoms with Crippen molar-refractivity contribution in [1.29, 1.82) is 0 Å². The molecular weight excluding hydrogens is 293 g/mol. The number of piperazine rings is 1. The van der Waals surface area contributed by atoms with E-state index in [1.54, 1.807) is 0 Å². The molecule has 0 unspecified atom stereocenters. The molecule has 0 bridgehead atoms. The highest BCUT2D eigenvalue weighted by atomic mass is 35.5. The molecule has 20 heavy (non-hydrogen) atoms. The zero-order valence-corrected chi connectivity index (χ0v) is 13.5. The normalized spacial score (nSPS) is 15.6. The number of hydrogen-bond acceptors (Lipinski definition) is 3. The van der Waals surface area contributed by atoms with Gasteiger partial charge >= 0.3 is 0 Å². The molecule has 3 nitrogen and oxygen atoms in total. The lowest BCUT2D eigenvalue weighted by atomic mass is 10.1. The zero-order chi connectivity index (χ0) is 12.5. The zero-order valence-electron chi connectivity index (χ0n) is 11.9. The van der Waals surface area contributed by atoms with E-state index in [4.69, 9.17) is 4.98 Å². The molecule has 5 heteroatoms. The SMILES string of the molecule is Cc1cc(N2CCN(C)CC2)nc2ccccc12.Cl.Cl. The molecule has 1 saturated heterocycles. The number of anilines is 1. The second-order valence-corrected chi connectivity index (χ2v) is 5.10. The van der Waals surface area contributed by atoms with E-state index in [1.807, 2.05) is 0 Å². The first-order valence-corrected chi connectivity index (χ1v) is 6.54. The maximum Gasteiger partial charge on any atom is 0.129 e. The number of aryl methyl sites for hydroxylation is 1. The van der Waals surface area contributed by atoms with Crippen LogP contribution >= 0.6 is 24.8 Å². The fraction of sp³-hybridized carbons (Fsp3) is 0.400. The second kappa shape index (κ2) is 7.11. The first kappa shape index (κ1) is 17.0. The van der Waals surface area contributed by atoms with Gasteiger partial charge in [-0.1, -0.05) is 18.2 Å². The first-order valence-electron chi connectivity index (χ1n) is 6.54. The van der Waals surface area contributed by atoms with Crippen LogP contribution in [0.2, 0.25) is 0 Å². The fourth-order valence-electron chi connectivity index (χ4n) is 2.53. The number of hydrogen-bond donors (Lipinski definition) is 0. The summed E-state index contributed by atoms with van der Waals surface area (Å²) >= 11 is 0. The average Bonchev–Trinajstić information content (AvgIpc) is 2.39. The van der Waals surface area contributed by atoms with E-state index >= 15 is 0 Å². The lowest BCUT2D eigenvalue weighted by Gasteiger charge is -2.33. The third-order valence-corrected chi connectivity index (χ3v) is 3.74. The lowest BCUT2D eigenvalue weighted by molar-refractivity contribution is 0.312. The van der Waals surface area contributed by atoms with E-state index in [0.29, 0.717) is 0 Å². The number of aromatic nitrogens is 1. The third kappa shape index (κ3) is 3.35. The van der Waals surface area contributed by atoms with Crippen molar-refractivity contribution in [2.45, 2.75) is 6.92 Å². The van der Waals surface area contributed by atoms with Crippen molar-refractivity contribution >= 4 is 41.5 Å². The van der Waals surface area contributed by atoms with Gasteiger partial charge in [-0.05, 0) is 31.7 Å². The maximum absolute atomic E-state index is 4.79. The second-order valence-electron chi connectivity index (χ2n) is 5.10. The van der Waals surface area contributed by atoms with E-state index in [1.165, 1.54) is 10.9 Å². The standard InChI is InChI=1S/C15H19N3.2ClH/c1-12-11-15(18-9-7-17(2)8-10-18)16-14-6-4-3-5-13(12)14;;/h3-6,11H,7-10H2,1-2H3;2*1H. The Labute approximate surface area is 132 Å². The minimum atomic E-state index is 0. The first-order chi connectivity index (χ1) is 8.74. The van der Waals surface area contributed by atoms with Gasteiger partial charge in [-0.2, -0.15) is 0 Å². The van der Waals surface area contributed by atoms with E-state index in [-0.39, 0.29) is 24.8 Å². The summed E-state index contributed by atoms with van der Waals surface area (Å²) in [6, 6.07) is 10.6. The molecule has 2 aromatic rings. The van der Waals surface area contributed by atoms with Crippen molar-refractivity contribution in [2.75, 3.05) is 38.1 Å². The van der Waals surface area contributed by atoms with Crippen molar-refractivity contribution in [3.05, 3.63) is 35.9 Å². The van der Waals surface area contributed by atoms with Crippen LogP contribution in [0, 0.1) is 6.92 Å². The lowest BCUT2D eigenvalue weighted by Crippen LogP contribution is -2.44. The van der Waals surface area contributed by atoms with Gasteiger partial charge in [-0.3, -0.25) is 0 Å². The molecule has 1 aromatic carbocycles. The summed E-state index contributed by atoms with van der Waals surface area (Å²) in [5.74, 6) is 1.12. The fourth-order valence-corrected chi connectivity index (χ4v) is 2.53. The molecule has 0 amide bonds. The quantitative estimate of drug-likeness (QED) is 0.806. The minimum Gasteiger partial charge on any atom is -0.354 e. The molecule has 0 saturated carbocycles. The number of fused-ring (bicyclic) bond motifs is 1. The van der Waals surface area contributed by atoms with Gasteiger partial charge in [0.25, 0.3) is 0 Å². The van der Waals surface area contributed by atoms with Crippen molar-refractivity contribution in [1.82, 2.24) is 9.88 Å². The maximum atomic E-state index is 4.79. The van der Waals surface area contributed by atoms with Gasteiger partial charge in [0.2, 0.25) is 0 Å². The monoisotopic (exact) mass is 313 g/mol. The van der Waals surface area contributed by atoms with Crippen molar-refractivity contribution in [3.63, 3.8) is 0 Å². The average molecular weight is 314 g/mol. The van der Waals surface area contributed by atoms with Gasteiger partial charge in [0.05, 0.1) is 5.52 Å². The van der Waals surface area contributed by atoms with E-state index in [2.05, 4.69) is 54.1 Å². The molecule has 0 atom stereocenters. The summed E-state index contributed by atoms with van der Waals surface area (Å²) in [4.78, 5) is 9.55. The number of pyridine rings is 1. The molecule has 0 spiro atoms. The Morgan fingerprint density at radius 3 is 2.35 bits per heavy atom. The summed E-state index contributed by atoms with van der Waals surface area (Å²) < 4.78 is 0. The number of benzene rings is 1. The van der Waals surface area contributed by atoms with Crippen LogP contribution in [-0.4, -0.2) is 43.1 Å². The summed E-state index contributed by atoms with van der Waals surface area (Å²) in [5, 5.41) is 1.26. The molecule has 110 valence electrons. The molecule has 0 aliphatic carbocycles. The largest absolute Gasteiger partial charge is 0.354 e. The van der Waals surface area contributed by atoms with E-state index in [0.717, 1.165) is 37.5 Å². The van der Waals surface area contributed by atoms with Gasteiger partial charge in [-0.25, -0.2) is 4.98 Å². The highest BCUT2D eigenvalue weighted by molar-refractivity contribution is 5.85. The molecule has 2 heterocycles. The van der Waals surface area contributed by atoms with Gasteiger partial charge in [0.1, 0.15) is 5.82 Å². The van der Waals surface area contributed by atoms with Gasteiger partial charge in [0, 0.05) is 31.6 Å². The predicted octanol–water partition coefficient (Wildman–Crippen LogP) is 3.14. The molecular formula is C15H21Cl2N3. The van der Waals surface area contributed by atoms with Crippen LogP contribution in [0.1, 0.15) is 5.56 Å². The number of para-hydroxylation sites is 1. The molecule has 3 rings (SSSR count). The summed E-state index contributed by atoms with van der Waals surface area (Å²) in [6.07, 6.45) is 0. The highest BCUT2D eigenvalue weighted by Gasteiger charge is 2.16. The minimum absolute atomic E-state index is 0. The number of likely N-dealkylation sites (N-methyl/N-ethyl adjacent to an activating group) is 1. The number of nitrogens with zero attached hydrogens (tertiary/aromatic N) is 3. The van der Waals surface area contributed by atoms with Crippen LogP contribution in [0.4, 0.5) is 5.82 Å². The van der Waals surface area contributed by atoms with Crippen molar-refractivity contribution in [2.24, 2.45) is 0 Å². The van der Waals surface area contributed by atoms with Crippen LogP contribution < -0.4 is 4.90 Å². The van der Waals surface area contributed by atoms with Crippen molar-refractivity contribution < 1.29 is 0 Å². The van der Waals surface area contributed by atoms with Crippen LogP contribution in [0.15, 0.2) is 30.3 Å². The molecule has 1 aliphatic heterocycles. The Balaban J connectivity index is 0.000001000. The third-order valence-electron chi connectivity index (χ3n) is 3.74. The van der Waals surface area contributed by atoms with Crippen LogP contribution in [-0.2, 0) is 0 Å². The Morgan fingerprint density at radius 1 is 1.00 bits per heavy atom. The summed E-state index contributed by atoms with van der Waals surface area (Å²) in [5.41, 5.74) is 2.42. The number of halogens is 2. The topological polar surface area (TPSA) is 19.4 Å². The molecule has 1 fully saturated rings. The predicted molar refractivity (Wildman–Crippen MR) is 90.7 cm³/mol. The smallest absolute Gasteiger partial charge is 0.129 e. The van der Waals surface area contributed by atoms with E-state index < -0.39 is 0 Å². The Morgan fingerprint density at radius 2 is 1.65 bits per heavy atom. The van der Waals surface area contributed by atoms with Gasteiger partial charge in [-0.15, -0.1) is 24.8 Å². The van der Waals surface area contributed by atoms with Gasteiger partial charge < -0.3 is 9.80 Å². The van der Waals surface area contributed by atoms with Crippen LogP contribution in [0.5, 0.6) is 0 Å².